The monoisotopic (exact) mass is 366 g/mol. The van der Waals surface area contributed by atoms with Crippen LogP contribution in [0.4, 0.5) is 0 Å². The molecule has 1 fully saturated rings. The number of rotatable bonds is 2. The fourth-order valence-electron chi connectivity index (χ4n) is 1.85. The summed E-state index contributed by atoms with van der Waals surface area (Å²) >= 11 is 2.23. The minimum atomic E-state index is 0. The zero-order valence-corrected chi connectivity index (χ0v) is 12.4. The van der Waals surface area contributed by atoms with E-state index in [-0.39, 0.29) is 24.4 Å². The highest BCUT2D eigenvalue weighted by molar-refractivity contribution is 14.1. The lowest BCUT2D eigenvalue weighted by Crippen LogP contribution is -2.45. The Morgan fingerprint density at radius 3 is 2.65 bits per heavy atom. The van der Waals surface area contributed by atoms with Gasteiger partial charge in [0.25, 0.3) is 5.91 Å². The molecule has 1 aromatic carbocycles. The van der Waals surface area contributed by atoms with Crippen molar-refractivity contribution in [3.05, 3.63) is 33.4 Å². The van der Waals surface area contributed by atoms with E-state index < -0.39 is 0 Å². The largest absolute Gasteiger partial charge is 0.348 e. The molecule has 1 heterocycles. The molecule has 2 N–H and O–H groups in total. The normalized spacial score (nSPS) is 19.2. The topological polar surface area (TPSA) is 41.1 Å². The second-order valence-electron chi connectivity index (χ2n) is 4.02. The Labute approximate surface area is 121 Å². The first-order valence-corrected chi connectivity index (χ1v) is 6.61. The lowest BCUT2D eigenvalue weighted by Gasteiger charge is -2.23. The van der Waals surface area contributed by atoms with Crippen LogP contribution in [0.1, 0.15) is 23.2 Å². The van der Waals surface area contributed by atoms with Crippen molar-refractivity contribution < 1.29 is 4.79 Å². The highest BCUT2D eigenvalue weighted by Crippen LogP contribution is 2.08. The van der Waals surface area contributed by atoms with Gasteiger partial charge in [0.2, 0.25) is 0 Å². The summed E-state index contributed by atoms with van der Waals surface area (Å²) in [5, 5.41) is 6.34. The summed E-state index contributed by atoms with van der Waals surface area (Å²) in [4.78, 5) is 11.9. The van der Waals surface area contributed by atoms with Crippen molar-refractivity contribution in [2.45, 2.75) is 18.9 Å². The summed E-state index contributed by atoms with van der Waals surface area (Å²) < 4.78 is 1.15. The van der Waals surface area contributed by atoms with E-state index in [0.717, 1.165) is 35.1 Å². The van der Waals surface area contributed by atoms with Crippen LogP contribution in [0.5, 0.6) is 0 Å². The maximum absolute atomic E-state index is 11.9. The predicted molar refractivity (Wildman–Crippen MR) is 79.8 cm³/mol. The molecule has 2 rings (SSSR count). The van der Waals surface area contributed by atoms with Crippen molar-refractivity contribution in [3.63, 3.8) is 0 Å². The highest BCUT2D eigenvalue weighted by Gasteiger charge is 2.15. The fourth-order valence-corrected chi connectivity index (χ4v) is 2.20. The van der Waals surface area contributed by atoms with Crippen LogP contribution < -0.4 is 10.6 Å². The summed E-state index contributed by atoms with van der Waals surface area (Å²) in [5.41, 5.74) is 0.742. The molecular weight excluding hydrogens is 351 g/mol. The molecule has 1 amide bonds. The minimum absolute atomic E-state index is 0. The van der Waals surface area contributed by atoms with Gasteiger partial charge in [0, 0.05) is 21.7 Å². The number of hydrogen-bond donors (Lipinski definition) is 2. The van der Waals surface area contributed by atoms with Gasteiger partial charge in [0.1, 0.15) is 0 Å². The molecule has 0 spiro atoms. The van der Waals surface area contributed by atoms with Crippen LogP contribution in [0, 0.1) is 3.57 Å². The Kier molecular flexibility index (Phi) is 6.22. The molecule has 0 bridgehead atoms. The van der Waals surface area contributed by atoms with Crippen molar-refractivity contribution >= 4 is 40.9 Å². The number of amides is 1. The molecule has 1 unspecified atom stereocenters. The zero-order valence-electron chi connectivity index (χ0n) is 9.41. The second kappa shape index (κ2) is 7.18. The van der Waals surface area contributed by atoms with Crippen LogP contribution in [-0.4, -0.2) is 25.0 Å². The summed E-state index contributed by atoms with van der Waals surface area (Å²) in [7, 11) is 0. The van der Waals surface area contributed by atoms with Crippen molar-refractivity contribution in [3.8, 4) is 0 Å². The van der Waals surface area contributed by atoms with Gasteiger partial charge in [0.15, 0.2) is 0 Å². The average Bonchev–Trinajstić information content (AvgIpc) is 2.31. The van der Waals surface area contributed by atoms with Gasteiger partial charge in [-0.05, 0) is 66.2 Å². The van der Waals surface area contributed by atoms with Gasteiger partial charge < -0.3 is 10.6 Å². The van der Waals surface area contributed by atoms with Crippen molar-refractivity contribution in [2.75, 3.05) is 13.1 Å². The van der Waals surface area contributed by atoms with Crippen LogP contribution >= 0.6 is 35.0 Å². The van der Waals surface area contributed by atoms with Crippen molar-refractivity contribution in [1.29, 1.82) is 0 Å². The standard InChI is InChI=1S/C12H15IN2O.ClH/c13-10-5-3-9(4-6-10)12(16)15-11-2-1-7-14-8-11;/h3-6,11,14H,1-2,7-8H2,(H,15,16);1H. The zero-order chi connectivity index (χ0) is 11.4. The minimum Gasteiger partial charge on any atom is -0.348 e. The summed E-state index contributed by atoms with van der Waals surface area (Å²) in [6.07, 6.45) is 2.21. The van der Waals surface area contributed by atoms with E-state index in [1.807, 2.05) is 24.3 Å². The molecule has 5 heteroatoms. The van der Waals surface area contributed by atoms with Crippen LogP contribution in [-0.2, 0) is 0 Å². The van der Waals surface area contributed by atoms with Crippen molar-refractivity contribution in [1.82, 2.24) is 10.6 Å². The van der Waals surface area contributed by atoms with Crippen molar-refractivity contribution in [2.24, 2.45) is 0 Å². The van der Waals surface area contributed by atoms with Crippen LogP contribution in [0.25, 0.3) is 0 Å². The second-order valence-corrected chi connectivity index (χ2v) is 5.27. The lowest BCUT2D eigenvalue weighted by molar-refractivity contribution is 0.0930. The third kappa shape index (κ3) is 4.44. The molecule has 3 nitrogen and oxygen atoms in total. The molecule has 94 valence electrons. The van der Waals surface area contributed by atoms with E-state index in [1.54, 1.807) is 0 Å². The summed E-state index contributed by atoms with van der Waals surface area (Å²) in [5.74, 6) is 0.0325. The molecule has 0 aromatic heterocycles. The Hall–Kier alpha value is -0.330. The van der Waals surface area contributed by atoms with Gasteiger partial charge in [-0.1, -0.05) is 0 Å². The van der Waals surface area contributed by atoms with E-state index in [2.05, 4.69) is 33.2 Å². The highest BCUT2D eigenvalue weighted by atomic mass is 127. The van der Waals surface area contributed by atoms with E-state index in [1.165, 1.54) is 0 Å². The molecular formula is C12H16ClIN2O. The Morgan fingerprint density at radius 2 is 2.06 bits per heavy atom. The number of hydrogen-bond acceptors (Lipinski definition) is 2. The third-order valence-electron chi connectivity index (χ3n) is 2.74. The first-order chi connectivity index (χ1) is 7.75. The van der Waals surface area contributed by atoms with Crippen LogP contribution in [0.15, 0.2) is 24.3 Å². The molecule has 1 saturated heterocycles. The van der Waals surface area contributed by atoms with E-state index in [4.69, 9.17) is 0 Å². The van der Waals surface area contributed by atoms with Gasteiger partial charge in [-0.3, -0.25) is 4.79 Å². The molecule has 0 radical (unpaired) electrons. The lowest BCUT2D eigenvalue weighted by atomic mass is 10.1. The maximum Gasteiger partial charge on any atom is 0.251 e. The van der Waals surface area contributed by atoms with Gasteiger partial charge in [0.05, 0.1) is 0 Å². The molecule has 1 aromatic rings. The first kappa shape index (κ1) is 14.7. The first-order valence-electron chi connectivity index (χ1n) is 5.53. The summed E-state index contributed by atoms with van der Waals surface area (Å²) in [6, 6.07) is 7.92. The predicted octanol–water partition coefficient (Wildman–Crippen LogP) is 2.19. The number of halogens is 2. The summed E-state index contributed by atoms with van der Waals surface area (Å²) in [6.45, 7) is 1.95. The van der Waals surface area contributed by atoms with Crippen LogP contribution in [0.2, 0.25) is 0 Å². The van der Waals surface area contributed by atoms with Gasteiger partial charge in [-0.25, -0.2) is 0 Å². The molecule has 1 aliphatic heterocycles. The number of carbonyl (C=O) groups excluding carboxylic acids is 1. The molecule has 0 aliphatic carbocycles. The number of piperidine rings is 1. The molecule has 0 saturated carbocycles. The molecule has 1 aliphatic rings. The average molecular weight is 367 g/mol. The van der Waals surface area contributed by atoms with Gasteiger partial charge >= 0.3 is 0 Å². The fraction of sp³-hybridized carbons (Fsp3) is 0.417. The smallest absolute Gasteiger partial charge is 0.251 e. The van der Waals surface area contributed by atoms with E-state index >= 15 is 0 Å². The number of nitrogens with one attached hydrogen (secondary N) is 2. The molecule has 17 heavy (non-hydrogen) atoms. The number of benzene rings is 1. The SMILES string of the molecule is Cl.O=C(NC1CCCNC1)c1ccc(I)cc1. The van der Waals surface area contributed by atoms with E-state index in [0.29, 0.717) is 0 Å². The molecule has 1 atom stereocenters. The van der Waals surface area contributed by atoms with Gasteiger partial charge in [-0.2, -0.15) is 0 Å². The Bertz CT molecular complexity index is 363. The quantitative estimate of drug-likeness (QED) is 0.788. The Balaban J connectivity index is 0.00000144. The third-order valence-corrected chi connectivity index (χ3v) is 3.46. The van der Waals surface area contributed by atoms with Gasteiger partial charge in [-0.15, -0.1) is 12.4 Å². The Morgan fingerprint density at radius 1 is 1.35 bits per heavy atom. The number of carbonyl (C=O) groups is 1. The maximum atomic E-state index is 11.9. The van der Waals surface area contributed by atoms with Crippen LogP contribution in [0.3, 0.4) is 0 Å². The van der Waals surface area contributed by atoms with E-state index in [9.17, 15) is 4.79 Å².